The Bertz CT molecular complexity index is 984. The molecule has 2 aliphatic rings. The van der Waals surface area contributed by atoms with Crippen molar-refractivity contribution in [1.82, 2.24) is 9.80 Å². The molecule has 162 valence electrons. The lowest BCUT2D eigenvalue weighted by molar-refractivity contribution is -0.138. The molecule has 0 spiro atoms. The Hall–Kier alpha value is -3.08. The Kier molecular flexibility index (Phi) is 6.12. The second-order valence-electron chi connectivity index (χ2n) is 8.53. The fraction of sp³-hybridized carbons (Fsp3) is 0.385. The van der Waals surface area contributed by atoms with Crippen LogP contribution in [0.3, 0.4) is 0 Å². The van der Waals surface area contributed by atoms with Gasteiger partial charge < -0.3 is 9.64 Å². The van der Waals surface area contributed by atoms with Gasteiger partial charge in [-0.2, -0.15) is 0 Å². The van der Waals surface area contributed by atoms with Gasteiger partial charge in [-0.05, 0) is 55.9 Å². The third-order valence-electron chi connectivity index (χ3n) is 6.16. The number of amides is 2. The zero-order chi connectivity index (χ0) is 22.0. The minimum Gasteiger partial charge on any atom is -0.494 e. The number of nitrogens with zero attached hydrogens (tertiary/aromatic N) is 2. The number of likely N-dealkylation sites (tertiary alicyclic amines) is 1. The van der Waals surface area contributed by atoms with Crippen LogP contribution in [0.5, 0.6) is 5.75 Å². The van der Waals surface area contributed by atoms with Gasteiger partial charge in [-0.15, -0.1) is 0 Å². The van der Waals surface area contributed by atoms with Crippen LogP contribution in [0.4, 0.5) is 0 Å². The van der Waals surface area contributed by atoms with Crippen LogP contribution in [-0.4, -0.2) is 41.3 Å². The highest BCUT2D eigenvalue weighted by atomic mass is 16.5. The number of carbonyl (C=O) groups is 2. The second-order valence-corrected chi connectivity index (χ2v) is 8.53. The number of piperidine rings is 1. The molecule has 0 atom stereocenters. The van der Waals surface area contributed by atoms with Crippen molar-refractivity contribution in [3.05, 3.63) is 70.9 Å². The van der Waals surface area contributed by atoms with E-state index in [4.69, 9.17) is 4.74 Å². The number of imide groups is 1. The number of aryl methyl sites for hydroxylation is 1. The molecule has 0 unspecified atom stereocenters. The van der Waals surface area contributed by atoms with Crippen LogP contribution in [0.25, 0.3) is 5.57 Å². The summed E-state index contributed by atoms with van der Waals surface area (Å²) in [7, 11) is 0. The predicted octanol–water partition coefficient (Wildman–Crippen LogP) is 4.41. The van der Waals surface area contributed by atoms with Crippen LogP contribution in [0.15, 0.2) is 54.2 Å². The van der Waals surface area contributed by atoms with E-state index in [1.807, 2.05) is 62.4 Å². The van der Waals surface area contributed by atoms with E-state index in [-0.39, 0.29) is 18.4 Å². The largest absolute Gasteiger partial charge is 0.494 e. The quantitative estimate of drug-likeness (QED) is 0.652. The Labute approximate surface area is 184 Å². The first-order valence-corrected chi connectivity index (χ1v) is 11.1. The Balaban J connectivity index is 1.69. The summed E-state index contributed by atoms with van der Waals surface area (Å²) in [5, 5.41) is 0. The van der Waals surface area contributed by atoms with Crippen LogP contribution < -0.4 is 4.74 Å². The van der Waals surface area contributed by atoms with E-state index in [2.05, 4.69) is 11.8 Å². The summed E-state index contributed by atoms with van der Waals surface area (Å²) in [5.74, 6) is 0.988. The Morgan fingerprint density at radius 1 is 0.935 bits per heavy atom. The molecule has 31 heavy (non-hydrogen) atoms. The monoisotopic (exact) mass is 418 g/mol. The third-order valence-corrected chi connectivity index (χ3v) is 6.16. The average Bonchev–Trinajstić information content (AvgIpc) is 3.01. The molecule has 1 saturated heterocycles. The molecule has 2 amide bonds. The molecule has 4 rings (SSSR count). The Morgan fingerprint density at radius 2 is 1.58 bits per heavy atom. The van der Waals surface area contributed by atoms with Crippen LogP contribution >= 0.6 is 0 Å². The highest BCUT2D eigenvalue weighted by Crippen LogP contribution is 2.35. The number of carbonyl (C=O) groups excluding carboxylic acids is 2. The van der Waals surface area contributed by atoms with Crippen molar-refractivity contribution in [3.63, 3.8) is 0 Å². The molecular weight excluding hydrogens is 388 g/mol. The van der Waals surface area contributed by atoms with Crippen LogP contribution in [0.2, 0.25) is 0 Å². The molecule has 2 aromatic carbocycles. The van der Waals surface area contributed by atoms with Gasteiger partial charge in [0.05, 0.1) is 18.7 Å². The molecule has 2 heterocycles. The minimum absolute atomic E-state index is 0.191. The molecule has 0 N–H and O–H groups in total. The molecule has 0 radical (unpaired) electrons. The van der Waals surface area contributed by atoms with Crippen molar-refractivity contribution >= 4 is 17.4 Å². The highest BCUT2D eigenvalue weighted by molar-refractivity contribution is 6.35. The van der Waals surface area contributed by atoms with Gasteiger partial charge in [0.25, 0.3) is 11.8 Å². The van der Waals surface area contributed by atoms with E-state index >= 15 is 0 Å². The van der Waals surface area contributed by atoms with Crippen molar-refractivity contribution in [2.75, 3.05) is 19.7 Å². The van der Waals surface area contributed by atoms with Gasteiger partial charge in [-0.1, -0.05) is 48.9 Å². The number of benzene rings is 2. The van der Waals surface area contributed by atoms with Crippen molar-refractivity contribution in [1.29, 1.82) is 0 Å². The summed E-state index contributed by atoms with van der Waals surface area (Å²) in [6, 6.07) is 15.5. The van der Waals surface area contributed by atoms with Gasteiger partial charge in [0.15, 0.2) is 0 Å². The van der Waals surface area contributed by atoms with Crippen LogP contribution in [0.1, 0.15) is 43.4 Å². The topological polar surface area (TPSA) is 49.9 Å². The summed E-state index contributed by atoms with van der Waals surface area (Å²) in [5.41, 5.74) is 3.93. The summed E-state index contributed by atoms with van der Waals surface area (Å²) >= 11 is 0. The maximum atomic E-state index is 13.5. The van der Waals surface area contributed by atoms with E-state index in [1.54, 1.807) is 0 Å². The number of ether oxygens (including phenoxy) is 1. The van der Waals surface area contributed by atoms with Crippen LogP contribution in [0, 0.1) is 12.8 Å². The first-order chi connectivity index (χ1) is 15.0. The number of rotatable bonds is 6. The molecule has 0 saturated carbocycles. The van der Waals surface area contributed by atoms with Crippen LogP contribution in [-0.2, 0) is 16.1 Å². The highest BCUT2D eigenvalue weighted by Gasteiger charge is 2.42. The first kappa shape index (κ1) is 21.2. The van der Waals surface area contributed by atoms with Crippen molar-refractivity contribution in [3.8, 4) is 5.75 Å². The molecule has 5 nitrogen and oxygen atoms in total. The lowest BCUT2D eigenvalue weighted by atomic mass is 9.97. The number of hydrogen-bond acceptors (Lipinski definition) is 4. The van der Waals surface area contributed by atoms with Gasteiger partial charge in [-0.3, -0.25) is 14.5 Å². The molecule has 5 heteroatoms. The SMILES string of the molecule is CCOc1ccc(C2=C(N3CCC(C)CC3)C(=O)N(Cc3ccc(C)cc3)C2=O)cc1. The summed E-state index contributed by atoms with van der Waals surface area (Å²) < 4.78 is 5.55. The Morgan fingerprint density at radius 3 is 2.19 bits per heavy atom. The van der Waals surface area contributed by atoms with Gasteiger partial charge in [0.2, 0.25) is 0 Å². The maximum absolute atomic E-state index is 13.5. The van der Waals surface area contributed by atoms with Crippen molar-refractivity contribution in [2.45, 2.75) is 40.2 Å². The van der Waals surface area contributed by atoms with E-state index in [0.717, 1.165) is 48.4 Å². The van der Waals surface area contributed by atoms with E-state index in [9.17, 15) is 9.59 Å². The standard InChI is InChI=1S/C26H30N2O3/c1-4-31-22-11-9-21(10-12-22)23-24(27-15-13-19(3)14-16-27)26(30)28(25(23)29)17-20-7-5-18(2)6-8-20/h5-12,19H,4,13-17H2,1-3H3. The first-order valence-electron chi connectivity index (χ1n) is 11.1. The summed E-state index contributed by atoms with van der Waals surface area (Å²) in [6.07, 6.45) is 2.05. The molecule has 2 aromatic rings. The number of hydrogen-bond donors (Lipinski definition) is 0. The van der Waals surface area contributed by atoms with Gasteiger partial charge in [0.1, 0.15) is 11.4 Å². The minimum atomic E-state index is -0.219. The summed E-state index contributed by atoms with van der Waals surface area (Å²) in [4.78, 5) is 30.5. The van der Waals surface area contributed by atoms with Gasteiger partial charge >= 0.3 is 0 Å². The molecular formula is C26H30N2O3. The van der Waals surface area contributed by atoms with Gasteiger partial charge in [0, 0.05) is 13.1 Å². The van der Waals surface area contributed by atoms with E-state index in [1.165, 1.54) is 4.90 Å². The molecule has 0 aliphatic carbocycles. The lowest BCUT2D eigenvalue weighted by Gasteiger charge is -2.32. The lowest BCUT2D eigenvalue weighted by Crippen LogP contribution is -2.38. The fourth-order valence-electron chi connectivity index (χ4n) is 4.25. The zero-order valence-corrected chi connectivity index (χ0v) is 18.6. The van der Waals surface area contributed by atoms with Crippen molar-refractivity contribution < 1.29 is 14.3 Å². The van der Waals surface area contributed by atoms with E-state index in [0.29, 0.717) is 23.8 Å². The third kappa shape index (κ3) is 4.36. The molecule has 0 aromatic heterocycles. The van der Waals surface area contributed by atoms with E-state index < -0.39 is 0 Å². The normalized spacial score (nSPS) is 17.6. The fourth-order valence-corrected chi connectivity index (χ4v) is 4.25. The maximum Gasteiger partial charge on any atom is 0.278 e. The molecule has 2 aliphatic heterocycles. The molecule has 1 fully saturated rings. The zero-order valence-electron chi connectivity index (χ0n) is 18.6. The average molecular weight is 419 g/mol. The molecule has 0 bridgehead atoms. The summed E-state index contributed by atoms with van der Waals surface area (Å²) in [6.45, 7) is 8.67. The predicted molar refractivity (Wildman–Crippen MR) is 121 cm³/mol. The second kappa shape index (κ2) is 8.96. The smallest absolute Gasteiger partial charge is 0.278 e. The van der Waals surface area contributed by atoms with Crippen molar-refractivity contribution in [2.24, 2.45) is 5.92 Å². The van der Waals surface area contributed by atoms with Gasteiger partial charge in [-0.25, -0.2) is 0 Å².